The predicted molar refractivity (Wildman–Crippen MR) is 118 cm³/mol. The Morgan fingerprint density at radius 2 is 2.21 bits per heavy atom. The number of ether oxygens (including phenoxy) is 1. The summed E-state index contributed by atoms with van der Waals surface area (Å²) in [5, 5.41) is 3.49. The van der Waals surface area contributed by atoms with E-state index < -0.39 is 0 Å². The summed E-state index contributed by atoms with van der Waals surface area (Å²) in [4.78, 5) is 4.60. The van der Waals surface area contributed by atoms with Gasteiger partial charge in [0.05, 0.1) is 0 Å². The summed E-state index contributed by atoms with van der Waals surface area (Å²) in [5.41, 5.74) is 11.2. The normalized spacial score (nSPS) is 22.0. The molecule has 2 atom stereocenters. The summed E-state index contributed by atoms with van der Waals surface area (Å²) >= 11 is 3.65. The average Bonchev–Trinajstić information content (AvgIpc) is 3.28. The van der Waals surface area contributed by atoms with Crippen LogP contribution < -0.4 is 15.8 Å². The molecule has 0 saturated heterocycles. The van der Waals surface area contributed by atoms with Crippen molar-refractivity contribution >= 4 is 28.0 Å². The molecule has 2 aliphatic rings. The van der Waals surface area contributed by atoms with Crippen molar-refractivity contribution in [3.05, 3.63) is 45.1 Å². The van der Waals surface area contributed by atoms with Crippen LogP contribution >= 0.6 is 15.9 Å². The zero-order valence-electron chi connectivity index (χ0n) is 16.7. The minimum atomic E-state index is 0.236. The number of nitrogens with zero attached hydrogens (tertiary/aromatic N) is 2. The topological polar surface area (TPSA) is 64.6 Å². The molecule has 1 saturated carbocycles. The molecule has 3 N–H and O–H groups in total. The van der Waals surface area contributed by atoms with Crippen molar-refractivity contribution in [2.75, 3.05) is 6.54 Å². The second-order valence-corrected chi connectivity index (χ2v) is 8.60. The molecule has 1 aromatic carbocycles. The lowest BCUT2D eigenvalue weighted by Crippen LogP contribution is -2.26. The highest BCUT2D eigenvalue weighted by Gasteiger charge is 2.30. The number of benzene rings is 1. The molecule has 1 aromatic heterocycles. The van der Waals surface area contributed by atoms with E-state index in [-0.39, 0.29) is 6.10 Å². The van der Waals surface area contributed by atoms with Gasteiger partial charge in [-0.25, -0.2) is 4.99 Å². The summed E-state index contributed by atoms with van der Waals surface area (Å²) in [6, 6.07) is 4.75. The van der Waals surface area contributed by atoms with Crippen LogP contribution in [-0.4, -0.2) is 23.4 Å². The van der Waals surface area contributed by atoms with E-state index in [1.807, 2.05) is 13.1 Å². The van der Waals surface area contributed by atoms with Gasteiger partial charge in [0.2, 0.25) is 0 Å². The first-order valence-electron chi connectivity index (χ1n) is 10.2. The van der Waals surface area contributed by atoms with E-state index in [1.54, 1.807) is 0 Å². The van der Waals surface area contributed by atoms with Crippen LogP contribution in [0.2, 0.25) is 0 Å². The first-order chi connectivity index (χ1) is 13.6. The summed E-state index contributed by atoms with van der Waals surface area (Å²) in [5.74, 6) is 2.03. The number of aliphatic imine (C=N–C) groups is 1. The molecule has 4 rings (SSSR count). The summed E-state index contributed by atoms with van der Waals surface area (Å²) in [6.07, 6.45) is 8.44. The van der Waals surface area contributed by atoms with E-state index in [4.69, 9.17) is 10.5 Å². The van der Waals surface area contributed by atoms with E-state index >= 15 is 0 Å². The number of rotatable bonds is 5. The minimum Gasteiger partial charge on any atom is -0.490 e. The van der Waals surface area contributed by atoms with Crippen LogP contribution in [0.4, 0.5) is 5.82 Å². The first-order valence-corrected chi connectivity index (χ1v) is 11.0. The predicted octanol–water partition coefficient (Wildman–Crippen LogP) is 4.56. The standard InChI is InChI=1S/C22H29BrN4O/c1-3-26-22-18(11-24)20(23)13-27(22)15-5-6-16(10-15)28-21-7-4-14(2)17-8-9-25-12-19(17)21/h3-4,7,13,15-16,25H,5-6,8-12,24H2,1-2H3/b26-3-. The molecule has 2 unspecified atom stereocenters. The quantitative estimate of drug-likeness (QED) is 0.664. The van der Waals surface area contributed by atoms with Gasteiger partial charge in [-0.1, -0.05) is 6.07 Å². The summed E-state index contributed by atoms with van der Waals surface area (Å²) < 4.78 is 9.84. The molecule has 0 amide bonds. The highest BCUT2D eigenvalue weighted by Crippen LogP contribution is 2.40. The van der Waals surface area contributed by atoms with Crippen LogP contribution in [0.3, 0.4) is 0 Å². The monoisotopic (exact) mass is 444 g/mol. The van der Waals surface area contributed by atoms with E-state index in [1.165, 1.54) is 16.7 Å². The molecule has 28 heavy (non-hydrogen) atoms. The van der Waals surface area contributed by atoms with Crippen molar-refractivity contribution in [2.45, 2.75) is 64.8 Å². The number of aromatic nitrogens is 1. The third-order valence-corrected chi connectivity index (χ3v) is 6.71. The first kappa shape index (κ1) is 19.7. The Labute approximate surface area is 175 Å². The molecule has 0 spiro atoms. The number of hydrogen-bond acceptors (Lipinski definition) is 4. The number of hydrogen-bond donors (Lipinski definition) is 2. The van der Waals surface area contributed by atoms with Crippen molar-refractivity contribution < 1.29 is 4.74 Å². The molecule has 2 heterocycles. The zero-order valence-corrected chi connectivity index (χ0v) is 18.3. The van der Waals surface area contributed by atoms with Gasteiger partial charge in [-0.2, -0.15) is 0 Å². The summed E-state index contributed by atoms with van der Waals surface area (Å²) in [7, 11) is 0. The van der Waals surface area contributed by atoms with Gasteiger partial charge in [0.1, 0.15) is 17.7 Å². The third-order valence-electron chi connectivity index (χ3n) is 6.03. The average molecular weight is 445 g/mol. The highest BCUT2D eigenvalue weighted by molar-refractivity contribution is 9.10. The van der Waals surface area contributed by atoms with Gasteiger partial charge in [0.15, 0.2) is 0 Å². The van der Waals surface area contributed by atoms with E-state index in [0.717, 1.165) is 60.4 Å². The van der Waals surface area contributed by atoms with Gasteiger partial charge in [-0.15, -0.1) is 0 Å². The smallest absolute Gasteiger partial charge is 0.138 e. The van der Waals surface area contributed by atoms with Gasteiger partial charge in [-0.05, 0) is 72.8 Å². The molecule has 1 aliphatic heterocycles. The van der Waals surface area contributed by atoms with Crippen LogP contribution in [0.5, 0.6) is 5.75 Å². The van der Waals surface area contributed by atoms with Gasteiger partial charge in [0.25, 0.3) is 0 Å². The second-order valence-electron chi connectivity index (χ2n) is 7.75. The van der Waals surface area contributed by atoms with Crippen LogP contribution in [0.25, 0.3) is 0 Å². The molecular weight excluding hydrogens is 416 g/mol. The number of nitrogens with one attached hydrogen (secondary N) is 1. The third kappa shape index (κ3) is 3.65. The van der Waals surface area contributed by atoms with Gasteiger partial charge < -0.3 is 20.4 Å². The Balaban J connectivity index is 1.53. The molecule has 150 valence electrons. The molecular formula is C22H29BrN4O. The Morgan fingerprint density at radius 3 is 3.00 bits per heavy atom. The fourth-order valence-corrected chi connectivity index (χ4v) is 5.14. The molecule has 6 heteroatoms. The second kappa shape index (κ2) is 8.39. The summed E-state index contributed by atoms with van der Waals surface area (Å²) in [6.45, 7) is 6.59. The number of halogens is 1. The molecule has 1 aliphatic carbocycles. The fourth-order valence-electron chi connectivity index (χ4n) is 4.58. The Kier molecular flexibility index (Phi) is 5.90. The van der Waals surface area contributed by atoms with E-state index in [9.17, 15) is 0 Å². The molecule has 0 radical (unpaired) electrons. The maximum absolute atomic E-state index is 6.52. The zero-order chi connectivity index (χ0) is 19.7. The Hall–Kier alpha value is -1.63. The van der Waals surface area contributed by atoms with Gasteiger partial charge in [-0.3, -0.25) is 0 Å². The Bertz CT molecular complexity index is 889. The molecule has 1 fully saturated rings. The number of fused-ring (bicyclic) bond motifs is 1. The molecule has 2 aromatic rings. The lowest BCUT2D eigenvalue weighted by Gasteiger charge is -2.24. The number of aryl methyl sites for hydroxylation is 1. The fraction of sp³-hybridized carbons (Fsp3) is 0.500. The van der Waals surface area contributed by atoms with Crippen LogP contribution in [0, 0.1) is 6.92 Å². The van der Waals surface area contributed by atoms with Crippen molar-refractivity contribution in [3.63, 3.8) is 0 Å². The molecule has 5 nitrogen and oxygen atoms in total. The van der Waals surface area contributed by atoms with Gasteiger partial charge in [0, 0.05) is 53.6 Å². The largest absolute Gasteiger partial charge is 0.490 e. The maximum atomic E-state index is 6.52. The van der Waals surface area contributed by atoms with E-state index in [2.05, 4.69) is 56.1 Å². The lowest BCUT2D eigenvalue weighted by atomic mass is 9.95. The van der Waals surface area contributed by atoms with Crippen LogP contribution in [-0.2, 0) is 19.5 Å². The van der Waals surface area contributed by atoms with Crippen molar-refractivity contribution in [2.24, 2.45) is 10.7 Å². The highest BCUT2D eigenvalue weighted by atomic mass is 79.9. The minimum absolute atomic E-state index is 0.236. The van der Waals surface area contributed by atoms with Gasteiger partial charge >= 0.3 is 0 Å². The lowest BCUT2D eigenvalue weighted by molar-refractivity contribution is 0.201. The van der Waals surface area contributed by atoms with Crippen molar-refractivity contribution in [3.8, 4) is 5.75 Å². The van der Waals surface area contributed by atoms with Crippen LogP contribution in [0.1, 0.15) is 54.5 Å². The van der Waals surface area contributed by atoms with E-state index in [0.29, 0.717) is 12.6 Å². The van der Waals surface area contributed by atoms with Crippen LogP contribution in [0.15, 0.2) is 27.8 Å². The van der Waals surface area contributed by atoms with Crippen molar-refractivity contribution in [1.82, 2.24) is 9.88 Å². The number of nitrogens with two attached hydrogens (primary N) is 1. The van der Waals surface area contributed by atoms with Crippen molar-refractivity contribution in [1.29, 1.82) is 0 Å². The SMILES string of the molecule is C/C=N\c1c(CN)c(Br)cn1C1CCC(Oc2ccc(C)c3c2CNCC3)C1. The maximum Gasteiger partial charge on any atom is 0.138 e. The Morgan fingerprint density at radius 1 is 1.36 bits per heavy atom. The molecule has 0 bridgehead atoms.